The normalized spacial score (nSPS) is 10.2. The summed E-state index contributed by atoms with van der Waals surface area (Å²) in [7, 11) is 3.24. The van der Waals surface area contributed by atoms with Crippen molar-refractivity contribution in [1.29, 1.82) is 0 Å². The molecule has 0 aliphatic carbocycles. The number of hydrogen-bond donors (Lipinski definition) is 2. The number of ether oxygens (including phenoxy) is 2. The molecule has 0 bridgehead atoms. The van der Waals surface area contributed by atoms with E-state index in [-0.39, 0.29) is 12.5 Å². The summed E-state index contributed by atoms with van der Waals surface area (Å²) in [6, 6.07) is 15.2. The Labute approximate surface area is 136 Å². The van der Waals surface area contributed by atoms with Crippen LogP contribution >= 0.6 is 0 Å². The van der Waals surface area contributed by atoms with Crippen molar-refractivity contribution in [3.05, 3.63) is 54.1 Å². The number of carbonyl (C=O) groups excluding carboxylic acids is 1. The van der Waals surface area contributed by atoms with Gasteiger partial charge in [-0.1, -0.05) is 30.3 Å². The summed E-state index contributed by atoms with van der Waals surface area (Å²) in [6.45, 7) is 0.937. The summed E-state index contributed by atoms with van der Waals surface area (Å²) in [5.74, 6) is 1.41. The minimum absolute atomic E-state index is 0.102. The van der Waals surface area contributed by atoms with Crippen LogP contribution < -0.4 is 20.1 Å². The van der Waals surface area contributed by atoms with Crippen molar-refractivity contribution in [2.45, 2.75) is 6.42 Å². The van der Waals surface area contributed by atoms with Crippen LogP contribution in [0.3, 0.4) is 0 Å². The predicted molar refractivity (Wildman–Crippen MR) is 91.2 cm³/mol. The first kappa shape index (κ1) is 16.8. The monoisotopic (exact) mass is 314 g/mol. The lowest BCUT2D eigenvalue weighted by Gasteiger charge is -2.11. The van der Waals surface area contributed by atoms with E-state index < -0.39 is 0 Å². The zero-order chi connectivity index (χ0) is 16.5. The standard InChI is InChI=1S/C18H22N2O3/c1-22-16-9-5-3-7-14(16)11-12-19-13-18(21)20-15-8-4-6-10-17(15)23-2/h3-10,19H,11-13H2,1-2H3,(H,20,21). The highest BCUT2D eigenvalue weighted by atomic mass is 16.5. The lowest BCUT2D eigenvalue weighted by Crippen LogP contribution is -2.29. The molecule has 2 aromatic carbocycles. The van der Waals surface area contributed by atoms with Crippen LogP contribution in [0.2, 0.25) is 0 Å². The van der Waals surface area contributed by atoms with E-state index in [1.807, 2.05) is 48.5 Å². The Bertz CT molecular complexity index is 644. The van der Waals surface area contributed by atoms with Crippen LogP contribution in [0, 0.1) is 0 Å². The molecule has 0 saturated carbocycles. The Balaban J connectivity index is 1.77. The lowest BCUT2D eigenvalue weighted by molar-refractivity contribution is -0.115. The number of hydrogen-bond acceptors (Lipinski definition) is 4. The molecule has 5 nitrogen and oxygen atoms in total. The Hall–Kier alpha value is -2.53. The molecule has 0 aliphatic rings. The van der Waals surface area contributed by atoms with E-state index in [4.69, 9.17) is 9.47 Å². The molecule has 5 heteroatoms. The number of anilines is 1. The minimum atomic E-state index is -0.102. The SMILES string of the molecule is COc1ccccc1CCNCC(=O)Nc1ccccc1OC. The summed E-state index contributed by atoms with van der Waals surface area (Å²) in [6.07, 6.45) is 0.798. The fraction of sp³-hybridized carbons (Fsp3) is 0.278. The van der Waals surface area contributed by atoms with Gasteiger partial charge in [-0.15, -0.1) is 0 Å². The topological polar surface area (TPSA) is 59.6 Å². The third-order valence-electron chi connectivity index (χ3n) is 3.43. The molecule has 1 amide bonds. The van der Waals surface area contributed by atoms with E-state index >= 15 is 0 Å². The van der Waals surface area contributed by atoms with Crippen LogP contribution in [0.25, 0.3) is 0 Å². The van der Waals surface area contributed by atoms with E-state index in [2.05, 4.69) is 10.6 Å². The third-order valence-corrected chi connectivity index (χ3v) is 3.43. The Morgan fingerprint density at radius 3 is 2.35 bits per heavy atom. The average molecular weight is 314 g/mol. The summed E-state index contributed by atoms with van der Waals surface area (Å²) >= 11 is 0. The average Bonchev–Trinajstić information content (AvgIpc) is 2.59. The van der Waals surface area contributed by atoms with E-state index in [1.165, 1.54) is 0 Å². The zero-order valence-electron chi connectivity index (χ0n) is 13.5. The molecular formula is C18H22N2O3. The third kappa shape index (κ3) is 5.00. The van der Waals surface area contributed by atoms with Gasteiger partial charge in [0.1, 0.15) is 11.5 Å². The molecule has 23 heavy (non-hydrogen) atoms. The number of nitrogens with one attached hydrogen (secondary N) is 2. The van der Waals surface area contributed by atoms with Gasteiger partial charge in [0.25, 0.3) is 0 Å². The second-order valence-corrected chi connectivity index (χ2v) is 4.99. The summed E-state index contributed by atoms with van der Waals surface area (Å²) < 4.78 is 10.5. The second kappa shape index (κ2) is 8.80. The first-order valence-electron chi connectivity index (χ1n) is 7.50. The van der Waals surface area contributed by atoms with Gasteiger partial charge in [-0.25, -0.2) is 0 Å². The number of benzene rings is 2. The molecule has 2 N–H and O–H groups in total. The molecule has 0 spiro atoms. The zero-order valence-corrected chi connectivity index (χ0v) is 13.5. The van der Waals surface area contributed by atoms with Crippen LogP contribution in [0.1, 0.15) is 5.56 Å². The molecule has 2 aromatic rings. The fourth-order valence-electron chi connectivity index (χ4n) is 2.28. The first-order valence-corrected chi connectivity index (χ1v) is 7.50. The molecule has 0 unspecified atom stereocenters. The van der Waals surface area contributed by atoms with Crippen LogP contribution in [0.5, 0.6) is 11.5 Å². The maximum absolute atomic E-state index is 12.0. The number of carbonyl (C=O) groups is 1. The van der Waals surface area contributed by atoms with Gasteiger partial charge in [0, 0.05) is 0 Å². The van der Waals surface area contributed by atoms with Gasteiger partial charge >= 0.3 is 0 Å². The highest BCUT2D eigenvalue weighted by Crippen LogP contribution is 2.22. The molecule has 0 fully saturated rings. The van der Waals surface area contributed by atoms with Crippen LogP contribution in [-0.4, -0.2) is 33.2 Å². The number of para-hydroxylation sites is 3. The Morgan fingerprint density at radius 2 is 1.61 bits per heavy atom. The molecule has 0 aromatic heterocycles. The van der Waals surface area contributed by atoms with E-state index in [0.717, 1.165) is 17.7 Å². The van der Waals surface area contributed by atoms with E-state index in [1.54, 1.807) is 14.2 Å². The van der Waals surface area contributed by atoms with Crippen molar-refractivity contribution in [2.24, 2.45) is 0 Å². The summed E-state index contributed by atoms with van der Waals surface area (Å²) in [4.78, 5) is 12.0. The quantitative estimate of drug-likeness (QED) is 0.735. The van der Waals surface area contributed by atoms with Gasteiger partial charge in [-0.3, -0.25) is 4.79 Å². The summed E-state index contributed by atoms with van der Waals surface area (Å²) in [5, 5.41) is 5.97. The van der Waals surface area contributed by atoms with Crippen molar-refractivity contribution in [3.8, 4) is 11.5 Å². The molecule has 0 atom stereocenters. The van der Waals surface area contributed by atoms with E-state index in [9.17, 15) is 4.79 Å². The maximum Gasteiger partial charge on any atom is 0.238 e. The molecule has 122 valence electrons. The highest BCUT2D eigenvalue weighted by molar-refractivity contribution is 5.93. The van der Waals surface area contributed by atoms with E-state index in [0.29, 0.717) is 18.0 Å². The van der Waals surface area contributed by atoms with Crippen molar-refractivity contribution in [2.75, 3.05) is 32.6 Å². The minimum Gasteiger partial charge on any atom is -0.496 e. The number of amides is 1. The number of rotatable bonds is 8. The van der Waals surface area contributed by atoms with Crippen LogP contribution in [-0.2, 0) is 11.2 Å². The fourth-order valence-corrected chi connectivity index (χ4v) is 2.28. The van der Waals surface area contributed by atoms with Crippen molar-refractivity contribution in [3.63, 3.8) is 0 Å². The van der Waals surface area contributed by atoms with Gasteiger partial charge in [0.05, 0.1) is 26.5 Å². The van der Waals surface area contributed by atoms with Gasteiger partial charge in [-0.05, 0) is 36.7 Å². The van der Waals surface area contributed by atoms with Gasteiger partial charge in [-0.2, -0.15) is 0 Å². The number of methoxy groups -OCH3 is 2. The molecule has 0 aliphatic heterocycles. The maximum atomic E-state index is 12.0. The van der Waals surface area contributed by atoms with Gasteiger partial charge in [0.15, 0.2) is 0 Å². The predicted octanol–water partition coefficient (Wildman–Crippen LogP) is 2.47. The summed E-state index contributed by atoms with van der Waals surface area (Å²) in [5.41, 5.74) is 1.79. The smallest absolute Gasteiger partial charge is 0.238 e. The molecule has 0 radical (unpaired) electrons. The van der Waals surface area contributed by atoms with Gasteiger partial charge in [0.2, 0.25) is 5.91 Å². The Kier molecular flexibility index (Phi) is 6.44. The Morgan fingerprint density at radius 1 is 0.957 bits per heavy atom. The van der Waals surface area contributed by atoms with Crippen LogP contribution in [0.4, 0.5) is 5.69 Å². The molecule has 0 heterocycles. The molecule has 2 rings (SSSR count). The van der Waals surface area contributed by atoms with Gasteiger partial charge < -0.3 is 20.1 Å². The largest absolute Gasteiger partial charge is 0.496 e. The highest BCUT2D eigenvalue weighted by Gasteiger charge is 2.07. The lowest BCUT2D eigenvalue weighted by atomic mass is 10.1. The van der Waals surface area contributed by atoms with Crippen molar-refractivity contribution in [1.82, 2.24) is 5.32 Å². The van der Waals surface area contributed by atoms with Crippen LogP contribution in [0.15, 0.2) is 48.5 Å². The van der Waals surface area contributed by atoms with Crippen molar-refractivity contribution < 1.29 is 14.3 Å². The molecular weight excluding hydrogens is 292 g/mol. The van der Waals surface area contributed by atoms with Crippen molar-refractivity contribution >= 4 is 11.6 Å². The molecule has 0 saturated heterocycles. The second-order valence-electron chi connectivity index (χ2n) is 4.99. The first-order chi connectivity index (χ1) is 11.2.